The molecule has 0 aliphatic heterocycles. The summed E-state index contributed by atoms with van der Waals surface area (Å²) in [6.45, 7) is 2.98. The van der Waals surface area contributed by atoms with Crippen molar-refractivity contribution in [3.05, 3.63) is 65.7 Å². The first-order chi connectivity index (χ1) is 10.8. The molecule has 2 rings (SSSR count). The van der Waals surface area contributed by atoms with Crippen molar-refractivity contribution in [2.24, 2.45) is 0 Å². The highest BCUT2D eigenvalue weighted by Gasteiger charge is 2.00. The number of carbonyl (C=O) groups is 1. The molecule has 0 radical (unpaired) electrons. The van der Waals surface area contributed by atoms with Crippen LogP contribution < -0.4 is 10.1 Å². The topological polar surface area (TPSA) is 47.6 Å². The van der Waals surface area contributed by atoms with E-state index in [1.807, 2.05) is 49.4 Å². The molecule has 0 heterocycles. The van der Waals surface area contributed by atoms with Crippen LogP contribution in [-0.4, -0.2) is 25.9 Å². The van der Waals surface area contributed by atoms with Crippen LogP contribution in [0, 0.1) is 0 Å². The van der Waals surface area contributed by atoms with Crippen LogP contribution in [0.3, 0.4) is 0 Å². The molecule has 2 aromatic carbocycles. The maximum Gasteiger partial charge on any atom is 0.407 e. The van der Waals surface area contributed by atoms with Crippen molar-refractivity contribution in [2.75, 3.05) is 19.8 Å². The maximum atomic E-state index is 11.1. The van der Waals surface area contributed by atoms with E-state index in [0.29, 0.717) is 13.2 Å². The first kappa shape index (κ1) is 15.9. The lowest BCUT2D eigenvalue weighted by atomic mass is 10.1. The van der Waals surface area contributed by atoms with Gasteiger partial charge in [0.2, 0.25) is 0 Å². The summed E-state index contributed by atoms with van der Waals surface area (Å²) in [5.74, 6) is 0.774. The quantitative estimate of drug-likeness (QED) is 0.797. The molecule has 4 heteroatoms. The number of alkyl carbamates (subject to hydrolysis) is 1. The van der Waals surface area contributed by atoms with Crippen LogP contribution in [0.5, 0.6) is 5.75 Å². The van der Waals surface area contributed by atoms with Gasteiger partial charge in [-0.15, -0.1) is 0 Å². The predicted octanol–water partition coefficient (Wildman–Crippen LogP) is 3.40. The standard InChI is InChI=1S/C18H21NO3/c1-2-19-18(20)22-13-12-21-17-10-8-16(9-11-17)14-15-6-4-3-5-7-15/h3-11H,2,12-14H2,1H3,(H,19,20). The molecule has 0 saturated heterocycles. The second-order valence-electron chi connectivity index (χ2n) is 4.82. The lowest BCUT2D eigenvalue weighted by molar-refractivity contribution is 0.125. The van der Waals surface area contributed by atoms with Gasteiger partial charge in [-0.1, -0.05) is 42.5 Å². The van der Waals surface area contributed by atoms with Crippen molar-refractivity contribution in [1.82, 2.24) is 5.32 Å². The van der Waals surface area contributed by atoms with Gasteiger partial charge in [0, 0.05) is 6.54 Å². The highest BCUT2D eigenvalue weighted by molar-refractivity contribution is 5.66. The number of nitrogens with one attached hydrogen (secondary N) is 1. The summed E-state index contributed by atoms with van der Waals surface area (Å²) in [5, 5.41) is 2.56. The first-order valence-electron chi connectivity index (χ1n) is 7.44. The van der Waals surface area contributed by atoms with Crippen LogP contribution in [0.1, 0.15) is 18.1 Å². The molecule has 0 aliphatic carbocycles. The molecule has 0 fully saturated rings. The van der Waals surface area contributed by atoms with Crippen molar-refractivity contribution in [1.29, 1.82) is 0 Å². The van der Waals surface area contributed by atoms with E-state index < -0.39 is 6.09 Å². The fourth-order valence-electron chi connectivity index (χ4n) is 2.02. The molecular weight excluding hydrogens is 278 g/mol. The zero-order valence-electron chi connectivity index (χ0n) is 12.7. The average molecular weight is 299 g/mol. The summed E-state index contributed by atoms with van der Waals surface area (Å²) >= 11 is 0. The predicted molar refractivity (Wildman–Crippen MR) is 86.2 cm³/mol. The summed E-state index contributed by atoms with van der Waals surface area (Å²) in [6, 6.07) is 18.3. The number of rotatable bonds is 7. The van der Waals surface area contributed by atoms with Gasteiger partial charge in [-0.3, -0.25) is 0 Å². The Morgan fingerprint density at radius 3 is 2.32 bits per heavy atom. The van der Waals surface area contributed by atoms with Gasteiger partial charge >= 0.3 is 6.09 Å². The second kappa shape index (κ2) is 8.72. The van der Waals surface area contributed by atoms with Crippen LogP contribution in [-0.2, 0) is 11.2 Å². The summed E-state index contributed by atoms with van der Waals surface area (Å²) in [4.78, 5) is 11.1. The van der Waals surface area contributed by atoms with Gasteiger partial charge < -0.3 is 14.8 Å². The minimum absolute atomic E-state index is 0.234. The number of hydrogen-bond donors (Lipinski definition) is 1. The van der Waals surface area contributed by atoms with Gasteiger partial charge in [0.25, 0.3) is 0 Å². The summed E-state index contributed by atoms with van der Waals surface area (Å²) in [5.41, 5.74) is 2.52. The molecule has 0 aromatic heterocycles. The van der Waals surface area contributed by atoms with Gasteiger partial charge in [0.1, 0.15) is 19.0 Å². The molecule has 0 spiro atoms. The zero-order chi connectivity index (χ0) is 15.6. The SMILES string of the molecule is CCNC(=O)OCCOc1ccc(Cc2ccccc2)cc1. The molecule has 0 unspecified atom stereocenters. The Hall–Kier alpha value is -2.49. The van der Waals surface area contributed by atoms with Crippen molar-refractivity contribution >= 4 is 6.09 Å². The molecule has 22 heavy (non-hydrogen) atoms. The maximum absolute atomic E-state index is 11.1. The Kier molecular flexibility index (Phi) is 6.30. The van der Waals surface area contributed by atoms with E-state index in [0.717, 1.165) is 12.2 Å². The molecule has 4 nitrogen and oxygen atoms in total. The van der Waals surface area contributed by atoms with Gasteiger partial charge in [-0.25, -0.2) is 4.79 Å². The van der Waals surface area contributed by atoms with Gasteiger partial charge in [0.05, 0.1) is 0 Å². The van der Waals surface area contributed by atoms with E-state index in [4.69, 9.17) is 9.47 Å². The number of carbonyl (C=O) groups excluding carboxylic acids is 1. The molecule has 2 aromatic rings. The van der Waals surface area contributed by atoms with Gasteiger partial charge in [-0.05, 0) is 36.6 Å². The van der Waals surface area contributed by atoms with Crippen LogP contribution in [0.2, 0.25) is 0 Å². The second-order valence-corrected chi connectivity index (χ2v) is 4.82. The third-order valence-corrected chi connectivity index (χ3v) is 3.08. The Morgan fingerprint density at radius 1 is 0.955 bits per heavy atom. The van der Waals surface area contributed by atoms with E-state index in [9.17, 15) is 4.79 Å². The molecule has 1 amide bonds. The van der Waals surface area contributed by atoms with Gasteiger partial charge in [-0.2, -0.15) is 0 Å². The summed E-state index contributed by atoms with van der Waals surface area (Å²) in [6.07, 6.45) is 0.492. The van der Waals surface area contributed by atoms with Crippen LogP contribution in [0.15, 0.2) is 54.6 Å². The fourth-order valence-corrected chi connectivity index (χ4v) is 2.02. The molecule has 116 valence electrons. The Morgan fingerprint density at radius 2 is 1.64 bits per heavy atom. The van der Waals surface area contributed by atoms with Crippen LogP contribution >= 0.6 is 0 Å². The molecule has 0 atom stereocenters. The summed E-state index contributed by atoms with van der Waals surface area (Å²) in [7, 11) is 0. The van der Waals surface area contributed by atoms with Crippen LogP contribution in [0.25, 0.3) is 0 Å². The lowest BCUT2D eigenvalue weighted by Gasteiger charge is -2.08. The first-order valence-corrected chi connectivity index (χ1v) is 7.44. The molecule has 1 N–H and O–H groups in total. The zero-order valence-corrected chi connectivity index (χ0v) is 12.7. The monoisotopic (exact) mass is 299 g/mol. The number of benzene rings is 2. The van der Waals surface area contributed by atoms with E-state index >= 15 is 0 Å². The largest absolute Gasteiger partial charge is 0.490 e. The minimum Gasteiger partial charge on any atom is -0.490 e. The van der Waals surface area contributed by atoms with E-state index in [2.05, 4.69) is 17.4 Å². The smallest absolute Gasteiger partial charge is 0.407 e. The molecular formula is C18H21NO3. The van der Waals surface area contributed by atoms with Gasteiger partial charge in [0.15, 0.2) is 0 Å². The molecule has 0 aliphatic rings. The van der Waals surface area contributed by atoms with Crippen LogP contribution in [0.4, 0.5) is 4.79 Å². The Balaban J connectivity index is 1.74. The van der Waals surface area contributed by atoms with Crippen molar-refractivity contribution < 1.29 is 14.3 Å². The lowest BCUT2D eigenvalue weighted by Crippen LogP contribution is -2.25. The van der Waals surface area contributed by atoms with E-state index in [-0.39, 0.29) is 6.61 Å². The number of hydrogen-bond acceptors (Lipinski definition) is 3. The van der Waals surface area contributed by atoms with E-state index in [1.54, 1.807) is 0 Å². The molecule has 0 saturated carbocycles. The Labute approximate surface area is 131 Å². The number of amides is 1. The van der Waals surface area contributed by atoms with E-state index in [1.165, 1.54) is 11.1 Å². The third kappa shape index (κ3) is 5.48. The third-order valence-electron chi connectivity index (χ3n) is 3.08. The Bertz CT molecular complexity index is 567. The fraction of sp³-hybridized carbons (Fsp3) is 0.278. The van der Waals surface area contributed by atoms with Crippen molar-refractivity contribution in [3.63, 3.8) is 0 Å². The van der Waals surface area contributed by atoms with Crippen molar-refractivity contribution in [3.8, 4) is 5.75 Å². The minimum atomic E-state index is -0.413. The molecule has 0 bridgehead atoms. The van der Waals surface area contributed by atoms with Crippen molar-refractivity contribution in [2.45, 2.75) is 13.3 Å². The normalized spacial score (nSPS) is 10.0. The number of ether oxygens (including phenoxy) is 2. The highest BCUT2D eigenvalue weighted by Crippen LogP contribution is 2.15. The highest BCUT2D eigenvalue weighted by atomic mass is 16.6. The summed E-state index contributed by atoms with van der Waals surface area (Å²) < 4.78 is 10.5. The average Bonchev–Trinajstić information content (AvgIpc) is 2.54.